The van der Waals surface area contributed by atoms with Crippen molar-refractivity contribution in [2.45, 2.75) is 30.8 Å². The van der Waals surface area contributed by atoms with E-state index >= 15 is 0 Å². The van der Waals surface area contributed by atoms with E-state index in [2.05, 4.69) is 4.90 Å². The smallest absolute Gasteiger partial charge is 0.281 e. The lowest BCUT2D eigenvalue weighted by Gasteiger charge is -2.51. The molecule has 4 fully saturated rings. The lowest BCUT2D eigenvalue weighted by molar-refractivity contribution is 0.0114. The van der Waals surface area contributed by atoms with Crippen LogP contribution in [0.5, 0.6) is 0 Å². The van der Waals surface area contributed by atoms with Crippen LogP contribution in [0.3, 0.4) is 0 Å². The highest BCUT2D eigenvalue weighted by Gasteiger charge is 2.56. The number of piperidine rings is 3. The Hall–Kier alpha value is -1.09. The van der Waals surface area contributed by atoms with E-state index in [1.54, 1.807) is 4.31 Å². The van der Waals surface area contributed by atoms with Crippen LogP contribution in [0.4, 0.5) is 8.78 Å². The maximum atomic E-state index is 13.8. The van der Waals surface area contributed by atoms with Crippen molar-refractivity contribution in [1.29, 1.82) is 0 Å². The Kier molecular flexibility index (Phi) is 4.14. The van der Waals surface area contributed by atoms with Crippen LogP contribution in [0.1, 0.15) is 24.3 Å². The second kappa shape index (κ2) is 5.97. The van der Waals surface area contributed by atoms with Gasteiger partial charge in [0.05, 0.1) is 0 Å². The fraction of sp³-hybridized carbons (Fsp3) is 0.647. The molecule has 138 valence electrons. The van der Waals surface area contributed by atoms with Gasteiger partial charge >= 0.3 is 0 Å². The standard InChI is InChI=1S/C17H23F2N3O2S/c1-20(2)25(23,24)22-10-15(12-7-13(18)9-14(19)8-12)17-16(22)11-3-5-21(17)6-4-11/h7-9,11,15-17H,3-6,10H2,1-2H3/t15-,16-,17-/m1/s1. The number of hydrogen-bond acceptors (Lipinski definition) is 3. The van der Waals surface area contributed by atoms with E-state index in [9.17, 15) is 17.2 Å². The van der Waals surface area contributed by atoms with E-state index in [-0.39, 0.29) is 24.5 Å². The van der Waals surface area contributed by atoms with Gasteiger partial charge in [0, 0.05) is 44.7 Å². The number of halogens is 2. The molecule has 0 aromatic heterocycles. The third kappa shape index (κ3) is 2.70. The van der Waals surface area contributed by atoms with Crippen molar-refractivity contribution in [2.75, 3.05) is 33.7 Å². The number of rotatable bonds is 3. The molecule has 2 bridgehead atoms. The molecule has 5 nitrogen and oxygen atoms in total. The number of nitrogens with zero attached hydrogens (tertiary/aromatic N) is 3. The Morgan fingerprint density at radius 1 is 1.04 bits per heavy atom. The monoisotopic (exact) mass is 371 g/mol. The third-order valence-electron chi connectivity index (χ3n) is 6.02. The van der Waals surface area contributed by atoms with Crippen LogP contribution < -0.4 is 0 Å². The van der Waals surface area contributed by atoms with Crippen molar-refractivity contribution in [1.82, 2.24) is 13.5 Å². The number of benzene rings is 1. The van der Waals surface area contributed by atoms with Gasteiger partial charge in [0.2, 0.25) is 0 Å². The zero-order valence-corrected chi connectivity index (χ0v) is 15.2. The molecule has 3 atom stereocenters. The van der Waals surface area contributed by atoms with Crippen LogP contribution in [-0.4, -0.2) is 67.7 Å². The topological polar surface area (TPSA) is 43.9 Å². The summed E-state index contributed by atoms with van der Waals surface area (Å²) < 4.78 is 56.0. The van der Waals surface area contributed by atoms with Gasteiger partial charge in [-0.15, -0.1) is 0 Å². The molecular formula is C17H23F2N3O2S. The van der Waals surface area contributed by atoms with Crippen molar-refractivity contribution in [3.63, 3.8) is 0 Å². The van der Waals surface area contributed by atoms with Crippen LogP contribution in [0.15, 0.2) is 18.2 Å². The largest absolute Gasteiger partial charge is 0.298 e. The zero-order chi connectivity index (χ0) is 17.9. The van der Waals surface area contributed by atoms with Crippen LogP contribution >= 0.6 is 0 Å². The predicted molar refractivity (Wildman–Crippen MR) is 90.3 cm³/mol. The average Bonchev–Trinajstić information content (AvgIpc) is 2.98. The second-order valence-corrected chi connectivity index (χ2v) is 9.62. The minimum Gasteiger partial charge on any atom is -0.298 e. The minimum atomic E-state index is -3.58. The van der Waals surface area contributed by atoms with E-state index < -0.39 is 21.8 Å². The highest BCUT2D eigenvalue weighted by Crippen LogP contribution is 2.47. The molecule has 25 heavy (non-hydrogen) atoms. The summed E-state index contributed by atoms with van der Waals surface area (Å²) >= 11 is 0. The highest BCUT2D eigenvalue weighted by molar-refractivity contribution is 7.86. The molecule has 4 heterocycles. The van der Waals surface area contributed by atoms with Gasteiger partial charge < -0.3 is 0 Å². The Morgan fingerprint density at radius 3 is 2.20 bits per heavy atom. The van der Waals surface area contributed by atoms with E-state index in [0.717, 1.165) is 32.0 Å². The van der Waals surface area contributed by atoms with Gasteiger partial charge in [0.15, 0.2) is 0 Å². The van der Waals surface area contributed by atoms with E-state index in [4.69, 9.17) is 0 Å². The van der Waals surface area contributed by atoms with Gasteiger partial charge in [-0.1, -0.05) is 0 Å². The van der Waals surface area contributed by atoms with Crippen molar-refractivity contribution in [3.05, 3.63) is 35.4 Å². The second-order valence-electron chi connectivity index (χ2n) is 7.52. The van der Waals surface area contributed by atoms with Gasteiger partial charge in [0.25, 0.3) is 10.2 Å². The molecule has 0 saturated carbocycles. The van der Waals surface area contributed by atoms with Gasteiger partial charge in [-0.3, -0.25) is 4.90 Å². The predicted octanol–water partition coefficient (Wildman–Crippen LogP) is 1.63. The Bertz CT molecular complexity index is 758. The quantitative estimate of drug-likeness (QED) is 0.811. The van der Waals surface area contributed by atoms with Gasteiger partial charge in [-0.05, 0) is 49.5 Å². The van der Waals surface area contributed by atoms with Crippen molar-refractivity contribution >= 4 is 10.2 Å². The summed E-state index contributed by atoms with van der Waals surface area (Å²) in [6, 6.07) is 3.42. The lowest BCUT2D eigenvalue weighted by atomic mass is 9.75. The zero-order valence-electron chi connectivity index (χ0n) is 14.4. The van der Waals surface area contributed by atoms with Crippen LogP contribution in [0.2, 0.25) is 0 Å². The molecular weight excluding hydrogens is 348 g/mol. The van der Waals surface area contributed by atoms with Crippen molar-refractivity contribution < 1.29 is 17.2 Å². The fourth-order valence-electron chi connectivity index (χ4n) is 4.93. The van der Waals surface area contributed by atoms with Crippen LogP contribution in [0, 0.1) is 17.6 Å². The molecule has 1 aromatic rings. The minimum absolute atomic E-state index is 0.0107. The maximum absolute atomic E-state index is 13.8. The molecule has 0 spiro atoms. The lowest BCUT2D eigenvalue weighted by Crippen LogP contribution is -2.61. The normalized spacial score (nSPS) is 35.3. The summed E-state index contributed by atoms with van der Waals surface area (Å²) in [4.78, 5) is 2.31. The summed E-state index contributed by atoms with van der Waals surface area (Å²) in [6.45, 7) is 2.12. The first-order valence-corrected chi connectivity index (χ1v) is 10.1. The fourth-order valence-corrected chi connectivity index (χ4v) is 6.30. The molecule has 1 aromatic carbocycles. The maximum Gasteiger partial charge on any atom is 0.281 e. The highest BCUT2D eigenvalue weighted by atomic mass is 32.2. The first kappa shape index (κ1) is 17.3. The molecule has 0 unspecified atom stereocenters. The molecule has 8 heteroatoms. The Labute approximate surface area is 147 Å². The van der Waals surface area contributed by atoms with Crippen molar-refractivity contribution in [2.24, 2.45) is 5.92 Å². The summed E-state index contributed by atoms with van der Waals surface area (Å²) in [5.74, 6) is -1.13. The average molecular weight is 371 g/mol. The molecule has 4 saturated heterocycles. The molecule has 0 N–H and O–H groups in total. The van der Waals surface area contributed by atoms with E-state index in [1.807, 2.05) is 0 Å². The molecule has 0 amide bonds. The molecule has 0 aliphatic carbocycles. The van der Waals surface area contributed by atoms with Crippen LogP contribution in [-0.2, 0) is 10.2 Å². The Balaban J connectivity index is 1.78. The van der Waals surface area contributed by atoms with Crippen molar-refractivity contribution in [3.8, 4) is 0 Å². The molecule has 4 aliphatic heterocycles. The van der Waals surface area contributed by atoms with Crippen LogP contribution in [0.25, 0.3) is 0 Å². The molecule has 5 rings (SSSR count). The first-order chi connectivity index (χ1) is 11.8. The van der Waals surface area contributed by atoms with E-state index in [0.29, 0.717) is 11.5 Å². The molecule has 0 radical (unpaired) electrons. The summed E-state index contributed by atoms with van der Waals surface area (Å²) in [6.07, 6.45) is 1.95. The summed E-state index contributed by atoms with van der Waals surface area (Å²) in [5, 5.41) is 0. The summed E-state index contributed by atoms with van der Waals surface area (Å²) in [5.41, 5.74) is 0.552. The van der Waals surface area contributed by atoms with Gasteiger partial charge in [-0.2, -0.15) is 17.0 Å². The summed E-state index contributed by atoms with van der Waals surface area (Å²) in [7, 11) is -0.521. The third-order valence-corrected chi connectivity index (χ3v) is 7.93. The van der Waals surface area contributed by atoms with Gasteiger partial charge in [0.1, 0.15) is 11.6 Å². The SMILES string of the molecule is CN(C)S(=O)(=O)N1C[C@H](c2cc(F)cc(F)c2)[C@@H]2[C@H]1C1CCN2CC1. The number of hydrogen-bond donors (Lipinski definition) is 0. The molecule has 4 aliphatic rings. The number of fused-ring (bicyclic) bond motifs is 2. The van der Waals surface area contributed by atoms with E-state index in [1.165, 1.54) is 30.5 Å². The first-order valence-electron chi connectivity index (χ1n) is 8.68. The Morgan fingerprint density at radius 2 is 1.64 bits per heavy atom. The van der Waals surface area contributed by atoms with Gasteiger partial charge in [-0.25, -0.2) is 8.78 Å².